The summed E-state index contributed by atoms with van der Waals surface area (Å²) in [7, 11) is 1.52. The van der Waals surface area contributed by atoms with E-state index in [2.05, 4.69) is 0 Å². The van der Waals surface area contributed by atoms with Gasteiger partial charge in [0, 0.05) is 32.0 Å². The topological polar surface area (TPSA) is 119 Å². The lowest BCUT2D eigenvalue weighted by molar-refractivity contribution is -0.155. The molecule has 2 heterocycles. The number of benzene rings is 1. The maximum Gasteiger partial charge on any atom is 0.311 e. The number of amides is 3. The quantitative estimate of drug-likeness (QED) is 0.683. The van der Waals surface area contributed by atoms with Gasteiger partial charge in [0.25, 0.3) is 5.91 Å². The summed E-state index contributed by atoms with van der Waals surface area (Å²) < 4.78 is 10.5. The summed E-state index contributed by atoms with van der Waals surface area (Å²) >= 11 is 0. The van der Waals surface area contributed by atoms with Crippen LogP contribution in [-0.4, -0.2) is 61.9 Å². The molecule has 1 atom stereocenters. The van der Waals surface area contributed by atoms with Crippen molar-refractivity contribution in [1.29, 1.82) is 0 Å². The second kappa shape index (κ2) is 8.93. The first kappa shape index (κ1) is 20.6. The fraction of sp³-hybridized carbons (Fsp3) is 0.500. The average Bonchev–Trinajstić information content (AvgIpc) is 3.13. The first-order valence-corrected chi connectivity index (χ1v) is 9.57. The maximum atomic E-state index is 12.4. The number of para-hydroxylation sites is 2. The van der Waals surface area contributed by atoms with Crippen LogP contribution < -0.4 is 15.4 Å². The van der Waals surface area contributed by atoms with Crippen LogP contribution in [0.5, 0.6) is 5.75 Å². The minimum Gasteiger partial charge on any atom is -0.495 e. The Bertz CT molecular complexity index is 803. The van der Waals surface area contributed by atoms with Crippen LogP contribution in [0.15, 0.2) is 24.3 Å². The molecular formula is C20H25N3O6. The van der Waals surface area contributed by atoms with E-state index in [0.29, 0.717) is 37.4 Å². The maximum absolute atomic E-state index is 12.4. The minimum absolute atomic E-state index is 0.0229. The molecule has 29 heavy (non-hydrogen) atoms. The summed E-state index contributed by atoms with van der Waals surface area (Å²) in [5.74, 6) is -1.74. The number of anilines is 1. The molecule has 0 bridgehead atoms. The SMILES string of the molecule is COc1ccccc1N1C[C@H](C(=O)OCC(=O)N2CCC(C(N)=O)CC2)CC1=O. The standard InChI is InChI=1S/C20H25N3O6/c1-28-16-5-3-2-4-15(16)23-11-14(10-17(23)24)20(27)29-12-18(25)22-8-6-13(7-9-22)19(21)26/h2-5,13-14H,6-12H2,1H3,(H2,21,26)/t14-/m1/s1. The largest absolute Gasteiger partial charge is 0.495 e. The Morgan fingerprint density at radius 3 is 2.48 bits per heavy atom. The Balaban J connectivity index is 1.51. The molecule has 0 aromatic heterocycles. The second-order valence-electron chi connectivity index (χ2n) is 7.24. The molecule has 2 N–H and O–H groups in total. The van der Waals surface area contributed by atoms with Crippen molar-refractivity contribution >= 4 is 29.4 Å². The zero-order valence-corrected chi connectivity index (χ0v) is 16.3. The van der Waals surface area contributed by atoms with Gasteiger partial charge in [0.15, 0.2) is 6.61 Å². The normalized spacial score (nSPS) is 19.9. The van der Waals surface area contributed by atoms with E-state index in [1.807, 2.05) is 0 Å². The first-order valence-electron chi connectivity index (χ1n) is 9.57. The number of hydrogen-bond donors (Lipinski definition) is 1. The van der Waals surface area contributed by atoms with Gasteiger partial charge in [-0.2, -0.15) is 0 Å². The third-order valence-electron chi connectivity index (χ3n) is 5.42. The van der Waals surface area contributed by atoms with Gasteiger partial charge in [0.1, 0.15) is 5.75 Å². The second-order valence-corrected chi connectivity index (χ2v) is 7.24. The number of nitrogens with zero attached hydrogens (tertiary/aromatic N) is 2. The highest BCUT2D eigenvalue weighted by molar-refractivity contribution is 6.00. The van der Waals surface area contributed by atoms with Gasteiger partial charge in [-0.1, -0.05) is 12.1 Å². The molecule has 9 nitrogen and oxygen atoms in total. The number of carbonyl (C=O) groups excluding carboxylic acids is 4. The number of primary amides is 1. The molecule has 3 rings (SSSR count). The Labute approximate surface area is 168 Å². The van der Waals surface area contributed by atoms with Crippen molar-refractivity contribution in [3.8, 4) is 5.75 Å². The molecular weight excluding hydrogens is 378 g/mol. The third kappa shape index (κ3) is 4.67. The number of piperidine rings is 1. The molecule has 2 saturated heterocycles. The predicted molar refractivity (Wildman–Crippen MR) is 103 cm³/mol. The van der Waals surface area contributed by atoms with Gasteiger partial charge in [-0.3, -0.25) is 19.2 Å². The van der Waals surface area contributed by atoms with Gasteiger partial charge < -0.3 is 25.0 Å². The first-order chi connectivity index (χ1) is 13.9. The lowest BCUT2D eigenvalue weighted by Crippen LogP contribution is -2.43. The van der Waals surface area contributed by atoms with Crippen LogP contribution in [0.1, 0.15) is 19.3 Å². The molecule has 1 aromatic rings. The number of likely N-dealkylation sites (tertiary alicyclic amines) is 1. The van der Waals surface area contributed by atoms with Crippen LogP contribution in [0, 0.1) is 11.8 Å². The molecule has 3 amide bonds. The number of carbonyl (C=O) groups is 4. The highest BCUT2D eigenvalue weighted by atomic mass is 16.5. The lowest BCUT2D eigenvalue weighted by Gasteiger charge is -2.30. The van der Waals surface area contributed by atoms with Gasteiger partial charge in [0.05, 0.1) is 18.7 Å². The van der Waals surface area contributed by atoms with E-state index in [-0.39, 0.29) is 43.2 Å². The number of nitrogens with two attached hydrogens (primary N) is 1. The summed E-state index contributed by atoms with van der Waals surface area (Å²) in [6.45, 7) is 0.622. The van der Waals surface area contributed by atoms with Crippen molar-refractivity contribution in [2.24, 2.45) is 17.6 Å². The average molecular weight is 403 g/mol. The molecule has 0 unspecified atom stereocenters. The minimum atomic E-state index is -0.638. The van der Waals surface area contributed by atoms with E-state index in [4.69, 9.17) is 15.2 Å². The molecule has 2 fully saturated rings. The van der Waals surface area contributed by atoms with E-state index in [1.54, 1.807) is 29.2 Å². The van der Waals surface area contributed by atoms with E-state index in [1.165, 1.54) is 12.0 Å². The predicted octanol–water partition coefficient (Wildman–Crippen LogP) is 0.315. The van der Waals surface area contributed by atoms with Crippen LogP contribution in [0.2, 0.25) is 0 Å². The Morgan fingerprint density at radius 1 is 1.14 bits per heavy atom. The molecule has 1 aromatic carbocycles. The monoisotopic (exact) mass is 403 g/mol. The molecule has 2 aliphatic heterocycles. The highest BCUT2D eigenvalue weighted by Gasteiger charge is 2.37. The third-order valence-corrected chi connectivity index (χ3v) is 5.42. The number of ether oxygens (including phenoxy) is 2. The molecule has 0 radical (unpaired) electrons. The van der Waals surface area contributed by atoms with Crippen LogP contribution in [-0.2, 0) is 23.9 Å². The van der Waals surface area contributed by atoms with E-state index in [9.17, 15) is 19.2 Å². The highest BCUT2D eigenvalue weighted by Crippen LogP contribution is 2.33. The Kier molecular flexibility index (Phi) is 6.36. The number of rotatable bonds is 6. The van der Waals surface area contributed by atoms with Crippen molar-refractivity contribution in [2.45, 2.75) is 19.3 Å². The molecule has 2 aliphatic rings. The van der Waals surface area contributed by atoms with Gasteiger partial charge in [-0.15, -0.1) is 0 Å². The zero-order chi connectivity index (χ0) is 21.0. The van der Waals surface area contributed by atoms with Crippen molar-refractivity contribution < 1.29 is 28.7 Å². The number of methoxy groups -OCH3 is 1. The van der Waals surface area contributed by atoms with Crippen LogP contribution in [0.4, 0.5) is 5.69 Å². The smallest absolute Gasteiger partial charge is 0.311 e. The Morgan fingerprint density at radius 2 is 1.83 bits per heavy atom. The van der Waals surface area contributed by atoms with E-state index < -0.39 is 11.9 Å². The Hall–Kier alpha value is -3.10. The van der Waals surface area contributed by atoms with Crippen molar-refractivity contribution in [3.63, 3.8) is 0 Å². The number of esters is 1. The summed E-state index contributed by atoms with van der Waals surface area (Å²) in [4.78, 5) is 51.3. The fourth-order valence-electron chi connectivity index (χ4n) is 3.71. The van der Waals surface area contributed by atoms with Crippen molar-refractivity contribution in [1.82, 2.24) is 4.90 Å². The van der Waals surface area contributed by atoms with Gasteiger partial charge in [0.2, 0.25) is 11.8 Å². The van der Waals surface area contributed by atoms with E-state index >= 15 is 0 Å². The molecule has 0 saturated carbocycles. The molecule has 9 heteroatoms. The van der Waals surface area contributed by atoms with Gasteiger partial charge in [-0.25, -0.2) is 0 Å². The number of hydrogen-bond acceptors (Lipinski definition) is 6. The molecule has 0 spiro atoms. The van der Waals surface area contributed by atoms with Gasteiger partial charge in [-0.05, 0) is 25.0 Å². The van der Waals surface area contributed by atoms with E-state index in [0.717, 1.165) is 0 Å². The molecule has 0 aliphatic carbocycles. The fourth-order valence-corrected chi connectivity index (χ4v) is 3.71. The lowest BCUT2D eigenvalue weighted by atomic mass is 9.96. The summed E-state index contributed by atoms with van der Waals surface area (Å²) in [5, 5.41) is 0. The summed E-state index contributed by atoms with van der Waals surface area (Å²) in [6.07, 6.45) is 1.05. The summed E-state index contributed by atoms with van der Waals surface area (Å²) in [6, 6.07) is 7.08. The van der Waals surface area contributed by atoms with Crippen molar-refractivity contribution in [2.75, 3.05) is 38.3 Å². The van der Waals surface area contributed by atoms with Crippen molar-refractivity contribution in [3.05, 3.63) is 24.3 Å². The summed E-state index contributed by atoms with van der Waals surface area (Å²) in [5.41, 5.74) is 5.89. The van der Waals surface area contributed by atoms with Crippen LogP contribution in [0.25, 0.3) is 0 Å². The zero-order valence-electron chi connectivity index (χ0n) is 16.3. The van der Waals surface area contributed by atoms with Crippen LogP contribution >= 0.6 is 0 Å². The van der Waals surface area contributed by atoms with Crippen LogP contribution in [0.3, 0.4) is 0 Å². The molecule has 156 valence electrons. The van der Waals surface area contributed by atoms with Gasteiger partial charge >= 0.3 is 5.97 Å².